The Hall–Kier alpha value is -3.55. The number of aromatic nitrogens is 4. The van der Waals surface area contributed by atoms with Crippen molar-refractivity contribution < 1.29 is 9.59 Å². The largest absolute Gasteiger partial charge is 0.368 e. The van der Waals surface area contributed by atoms with Crippen LogP contribution in [-0.4, -0.2) is 62.5 Å². The van der Waals surface area contributed by atoms with Crippen LogP contribution in [0.5, 0.6) is 0 Å². The van der Waals surface area contributed by atoms with Crippen molar-refractivity contribution in [2.24, 2.45) is 0 Å². The van der Waals surface area contributed by atoms with E-state index >= 15 is 0 Å². The summed E-state index contributed by atoms with van der Waals surface area (Å²) in [5, 5.41) is 4.09. The van der Waals surface area contributed by atoms with Gasteiger partial charge in [0.25, 0.3) is 5.91 Å². The Bertz CT molecular complexity index is 976. The molecular formula is C20H20N6O2. The van der Waals surface area contributed by atoms with E-state index in [1.165, 1.54) is 17.3 Å². The number of carbonyl (C=O) groups excluding carboxylic acids is 2. The summed E-state index contributed by atoms with van der Waals surface area (Å²) < 4.78 is 1.50. The second kappa shape index (κ2) is 7.59. The fourth-order valence-electron chi connectivity index (χ4n) is 3.31. The third-order valence-electron chi connectivity index (χ3n) is 4.86. The molecule has 0 saturated carbocycles. The van der Waals surface area contributed by atoms with Gasteiger partial charge in [0.05, 0.1) is 5.56 Å². The van der Waals surface area contributed by atoms with E-state index in [1.54, 1.807) is 25.3 Å². The van der Waals surface area contributed by atoms with Crippen LogP contribution in [0.3, 0.4) is 0 Å². The Kier molecular flexibility index (Phi) is 4.84. The molecule has 2 aromatic heterocycles. The highest BCUT2D eigenvalue weighted by Crippen LogP contribution is 2.19. The van der Waals surface area contributed by atoms with E-state index in [-0.39, 0.29) is 11.7 Å². The smallest absolute Gasteiger partial charge is 0.257 e. The summed E-state index contributed by atoms with van der Waals surface area (Å²) in [6.07, 6.45) is 4.58. The van der Waals surface area contributed by atoms with Crippen molar-refractivity contribution in [2.45, 2.75) is 6.92 Å². The van der Waals surface area contributed by atoms with Crippen molar-refractivity contribution >= 4 is 17.4 Å². The minimum atomic E-state index is -0.0647. The maximum absolute atomic E-state index is 13.0. The van der Waals surface area contributed by atoms with Gasteiger partial charge >= 0.3 is 0 Å². The van der Waals surface area contributed by atoms with E-state index in [9.17, 15) is 9.59 Å². The SMILES string of the molecule is CC(=O)c1ccc(N2CCN(C(=O)c3cccnc3-n3cncn3)CC2)cc1. The summed E-state index contributed by atoms with van der Waals surface area (Å²) in [7, 11) is 0. The highest BCUT2D eigenvalue weighted by Gasteiger charge is 2.25. The van der Waals surface area contributed by atoms with Gasteiger partial charge < -0.3 is 9.80 Å². The van der Waals surface area contributed by atoms with E-state index < -0.39 is 0 Å². The van der Waals surface area contributed by atoms with Crippen LogP contribution >= 0.6 is 0 Å². The monoisotopic (exact) mass is 376 g/mol. The van der Waals surface area contributed by atoms with Gasteiger partial charge in [-0.15, -0.1) is 0 Å². The Labute approximate surface area is 162 Å². The quantitative estimate of drug-likeness (QED) is 0.646. The molecule has 1 fully saturated rings. The zero-order valence-electron chi connectivity index (χ0n) is 15.5. The number of benzene rings is 1. The fourth-order valence-corrected chi connectivity index (χ4v) is 3.31. The summed E-state index contributed by atoms with van der Waals surface area (Å²) in [5.41, 5.74) is 2.27. The highest BCUT2D eigenvalue weighted by molar-refractivity contribution is 5.97. The molecular weight excluding hydrogens is 356 g/mol. The Balaban J connectivity index is 1.46. The summed E-state index contributed by atoms with van der Waals surface area (Å²) in [6.45, 7) is 4.23. The Morgan fingerprint density at radius 3 is 2.39 bits per heavy atom. The van der Waals surface area contributed by atoms with Crippen molar-refractivity contribution in [1.29, 1.82) is 0 Å². The molecule has 3 heterocycles. The summed E-state index contributed by atoms with van der Waals surface area (Å²) in [5.74, 6) is 0.471. The lowest BCUT2D eigenvalue weighted by atomic mass is 10.1. The van der Waals surface area contributed by atoms with Crippen LogP contribution in [0.1, 0.15) is 27.6 Å². The predicted octanol–water partition coefficient (Wildman–Crippen LogP) is 1.83. The second-order valence-corrected chi connectivity index (χ2v) is 6.60. The van der Waals surface area contributed by atoms with Gasteiger partial charge in [0.2, 0.25) is 0 Å². The van der Waals surface area contributed by atoms with E-state index in [2.05, 4.69) is 20.0 Å². The number of rotatable bonds is 4. The summed E-state index contributed by atoms with van der Waals surface area (Å²) in [4.78, 5) is 36.7. The van der Waals surface area contributed by atoms with Gasteiger partial charge in [0, 0.05) is 43.6 Å². The lowest BCUT2D eigenvalue weighted by Gasteiger charge is -2.36. The molecule has 0 atom stereocenters. The van der Waals surface area contributed by atoms with Gasteiger partial charge in [0.15, 0.2) is 11.6 Å². The van der Waals surface area contributed by atoms with Gasteiger partial charge in [-0.05, 0) is 43.3 Å². The predicted molar refractivity (Wildman–Crippen MR) is 104 cm³/mol. The van der Waals surface area contributed by atoms with Crippen molar-refractivity contribution in [3.8, 4) is 5.82 Å². The molecule has 1 saturated heterocycles. The molecule has 1 amide bonds. The van der Waals surface area contributed by atoms with E-state index in [1.807, 2.05) is 29.2 Å². The zero-order valence-corrected chi connectivity index (χ0v) is 15.5. The van der Waals surface area contributed by atoms with E-state index in [0.29, 0.717) is 30.0 Å². The van der Waals surface area contributed by atoms with Crippen LogP contribution in [0.15, 0.2) is 55.2 Å². The lowest BCUT2D eigenvalue weighted by Crippen LogP contribution is -2.49. The van der Waals surface area contributed by atoms with Crippen molar-refractivity contribution in [3.63, 3.8) is 0 Å². The first-order valence-corrected chi connectivity index (χ1v) is 9.09. The number of ketones is 1. The van der Waals surface area contributed by atoms with E-state index in [4.69, 9.17) is 0 Å². The molecule has 0 aliphatic carbocycles. The fraction of sp³-hybridized carbons (Fsp3) is 0.250. The Morgan fingerprint density at radius 1 is 1.00 bits per heavy atom. The minimum Gasteiger partial charge on any atom is -0.368 e. The first-order chi connectivity index (χ1) is 13.6. The molecule has 0 radical (unpaired) electrons. The summed E-state index contributed by atoms with van der Waals surface area (Å²) in [6, 6.07) is 11.1. The van der Waals surface area contributed by atoms with Crippen LogP contribution in [0.25, 0.3) is 5.82 Å². The molecule has 1 aliphatic rings. The van der Waals surface area contributed by atoms with Gasteiger partial charge in [-0.1, -0.05) is 0 Å². The molecule has 8 heteroatoms. The number of carbonyl (C=O) groups is 2. The molecule has 1 aliphatic heterocycles. The molecule has 0 spiro atoms. The standard InChI is InChI=1S/C20H20N6O2/c1-15(27)16-4-6-17(7-5-16)24-9-11-25(12-10-24)20(28)18-3-2-8-22-19(18)26-14-21-13-23-26/h2-8,13-14H,9-12H2,1H3. The van der Waals surface area contributed by atoms with E-state index in [0.717, 1.165) is 18.8 Å². The minimum absolute atomic E-state index is 0.0571. The number of hydrogen-bond donors (Lipinski definition) is 0. The van der Waals surface area contributed by atoms with Crippen molar-refractivity contribution in [3.05, 3.63) is 66.4 Å². The van der Waals surface area contributed by atoms with Gasteiger partial charge in [0.1, 0.15) is 12.7 Å². The molecule has 1 aromatic carbocycles. The van der Waals surface area contributed by atoms with Crippen LogP contribution in [0.2, 0.25) is 0 Å². The van der Waals surface area contributed by atoms with Crippen LogP contribution in [0, 0.1) is 0 Å². The number of anilines is 1. The number of hydrogen-bond acceptors (Lipinski definition) is 6. The molecule has 8 nitrogen and oxygen atoms in total. The van der Waals surface area contributed by atoms with Crippen molar-refractivity contribution in [1.82, 2.24) is 24.6 Å². The van der Waals surface area contributed by atoms with Gasteiger partial charge in [-0.2, -0.15) is 5.10 Å². The molecule has 0 N–H and O–H groups in total. The normalized spacial score (nSPS) is 14.2. The number of pyridine rings is 1. The molecule has 0 unspecified atom stereocenters. The topological polar surface area (TPSA) is 84.2 Å². The maximum Gasteiger partial charge on any atom is 0.257 e. The van der Waals surface area contributed by atoms with Crippen LogP contribution < -0.4 is 4.90 Å². The molecule has 4 rings (SSSR count). The van der Waals surface area contributed by atoms with Crippen molar-refractivity contribution in [2.75, 3.05) is 31.1 Å². The molecule has 28 heavy (non-hydrogen) atoms. The van der Waals surface area contributed by atoms with Crippen LogP contribution in [-0.2, 0) is 0 Å². The average Bonchev–Trinajstić information content (AvgIpc) is 3.28. The van der Waals surface area contributed by atoms with Gasteiger partial charge in [-0.25, -0.2) is 14.6 Å². The third kappa shape index (κ3) is 3.48. The molecule has 3 aromatic rings. The van der Waals surface area contributed by atoms with Gasteiger partial charge in [-0.3, -0.25) is 9.59 Å². The van der Waals surface area contributed by atoms with Crippen LogP contribution in [0.4, 0.5) is 5.69 Å². The highest BCUT2D eigenvalue weighted by atomic mass is 16.2. The number of Topliss-reactive ketones (excluding diaryl/α,β-unsaturated/α-hetero) is 1. The zero-order chi connectivity index (χ0) is 19.5. The second-order valence-electron chi connectivity index (χ2n) is 6.60. The lowest BCUT2D eigenvalue weighted by molar-refractivity contribution is 0.0746. The molecule has 0 bridgehead atoms. The summed E-state index contributed by atoms with van der Waals surface area (Å²) >= 11 is 0. The third-order valence-corrected chi connectivity index (χ3v) is 4.86. The average molecular weight is 376 g/mol. The Morgan fingerprint density at radius 2 is 1.75 bits per heavy atom. The number of nitrogens with zero attached hydrogens (tertiary/aromatic N) is 6. The number of amides is 1. The first-order valence-electron chi connectivity index (χ1n) is 9.09. The molecule has 142 valence electrons. The number of piperazine rings is 1. The maximum atomic E-state index is 13.0. The first kappa shape index (κ1) is 17.8.